The minimum atomic E-state index is -0.587. The van der Waals surface area contributed by atoms with Gasteiger partial charge in [0.25, 0.3) is 11.8 Å². The number of carbonyl (C=O) groups excluding carboxylic acids is 2. The second kappa shape index (κ2) is 11.9. The van der Waals surface area contributed by atoms with Crippen molar-refractivity contribution in [2.24, 2.45) is 0 Å². The number of nitrogens with zero attached hydrogens (tertiary/aromatic N) is 3. The Morgan fingerprint density at radius 3 is 2.23 bits per heavy atom. The molecule has 3 aromatic rings. The lowest BCUT2D eigenvalue weighted by molar-refractivity contribution is -0.124. The van der Waals surface area contributed by atoms with Crippen molar-refractivity contribution < 1.29 is 14.8 Å². The normalized spacial score (nSPS) is 14.1. The number of hydrogen-bond acceptors (Lipinski definition) is 6. The van der Waals surface area contributed by atoms with Crippen LogP contribution in [0.1, 0.15) is 27.0 Å². The van der Waals surface area contributed by atoms with Crippen LogP contribution in [0.5, 0.6) is 0 Å². The van der Waals surface area contributed by atoms with Crippen LogP contribution in [-0.4, -0.2) is 53.1 Å². The number of piperazine rings is 1. The first-order chi connectivity index (χ1) is 17.1. The van der Waals surface area contributed by atoms with E-state index in [4.69, 9.17) is 5.21 Å². The highest BCUT2D eigenvalue weighted by Gasteiger charge is 2.17. The van der Waals surface area contributed by atoms with Gasteiger partial charge in [-0.05, 0) is 59.2 Å². The number of aromatic nitrogens is 1. The fraction of sp³-hybridized carbons (Fsp3) is 0.222. The molecule has 8 heteroatoms. The molecule has 0 radical (unpaired) electrons. The van der Waals surface area contributed by atoms with Crippen molar-refractivity contribution in [3.8, 4) is 0 Å². The predicted molar refractivity (Wildman–Crippen MR) is 135 cm³/mol. The summed E-state index contributed by atoms with van der Waals surface area (Å²) in [6, 6.07) is 19.3. The van der Waals surface area contributed by atoms with E-state index in [2.05, 4.69) is 32.2 Å². The number of hydrogen-bond donors (Lipinski definition) is 3. The first-order valence-corrected chi connectivity index (χ1v) is 11.6. The number of nitrogens with one attached hydrogen (secondary N) is 2. The van der Waals surface area contributed by atoms with Gasteiger partial charge in [-0.25, -0.2) is 5.48 Å². The van der Waals surface area contributed by atoms with Crippen molar-refractivity contribution in [3.63, 3.8) is 0 Å². The van der Waals surface area contributed by atoms with Crippen molar-refractivity contribution in [1.82, 2.24) is 20.7 Å². The van der Waals surface area contributed by atoms with Crippen LogP contribution in [-0.2, 0) is 17.9 Å². The van der Waals surface area contributed by atoms with E-state index in [0.29, 0.717) is 12.1 Å². The fourth-order valence-corrected chi connectivity index (χ4v) is 3.97. The standard InChI is InChI=1S/C27H29N5O3/c33-26(30-35)10-5-21-1-3-22(4-2-21)19-29-27(34)24-6-8-25(9-7-24)32-17-15-31(16-18-32)20-23-11-13-28-14-12-23/h1-14,35H,15-20H2,(H,29,34)(H,30,33). The third kappa shape index (κ3) is 6.99. The van der Waals surface area contributed by atoms with Gasteiger partial charge in [0.1, 0.15) is 0 Å². The van der Waals surface area contributed by atoms with E-state index in [1.165, 1.54) is 11.6 Å². The number of amides is 2. The van der Waals surface area contributed by atoms with Gasteiger partial charge >= 0.3 is 0 Å². The molecule has 0 saturated carbocycles. The molecule has 1 aliphatic rings. The molecule has 0 atom stereocenters. The molecule has 0 spiro atoms. The summed E-state index contributed by atoms with van der Waals surface area (Å²) in [5.74, 6) is -0.710. The second-order valence-corrected chi connectivity index (χ2v) is 8.40. The third-order valence-corrected chi connectivity index (χ3v) is 5.99. The topological polar surface area (TPSA) is 97.8 Å². The first kappa shape index (κ1) is 24.1. The van der Waals surface area contributed by atoms with E-state index in [1.807, 2.05) is 60.9 Å². The summed E-state index contributed by atoms with van der Waals surface area (Å²) in [7, 11) is 0. The van der Waals surface area contributed by atoms with Gasteiger partial charge in [0.05, 0.1) is 0 Å². The molecule has 0 bridgehead atoms. The van der Waals surface area contributed by atoms with Crippen LogP contribution in [0.2, 0.25) is 0 Å². The van der Waals surface area contributed by atoms with Crippen LogP contribution in [0.3, 0.4) is 0 Å². The predicted octanol–water partition coefficient (Wildman–Crippen LogP) is 2.85. The number of anilines is 1. The molecular formula is C27H29N5O3. The molecule has 4 rings (SSSR count). The summed E-state index contributed by atoms with van der Waals surface area (Å²) < 4.78 is 0. The molecule has 0 aliphatic carbocycles. The zero-order valence-corrected chi connectivity index (χ0v) is 19.4. The number of pyridine rings is 1. The highest BCUT2D eigenvalue weighted by atomic mass is 16.5. The zero-order chi connectivity index (χ0) is 24.5. The van der Waals surface area contributed by atoms with Crippen molar-refractivity contribution >= 4 is 23.6 Å². The molecule has 8 nitrogen and oxygen atoms in total. The summed E-state index contributed by atoms with van der Waals surface area (Å²) >= 11 is 0. The molecule has 2 aromatic carbocycles. The van der Waals surface area contributed by atoms with E-state index < -0.39 is 5.91 Å². The van der Waals surface area contributed by atoms with E-state index in [0.717, 1.165) is 49.5 Å². The Labute approximate surface area is 204 Å². The number of carbonyl (C=O) groups is 2. The molecule has 35 heavy (non-hydrogen) atoms. The molecule has 1 aromatic heterocycles. The Kier molecular flexibility index (Phi) is 8.21. The van der Waals surface area contributed by atoms with E-state index in [-0.39, 0.29) is 5.91 Å². The Morgan fingerprint density at radius 2 is 1.57 bits per heavy atom. The van der Waals surface area contributed by atoms with Gasteiger partial charge in [0.2, 0.25) is 0 Å². The molecule has 3 N–H and O–H groups in total. The Balaban J connectivity index is 1.24. The second-order valence-electron chi connectivity index (χ2n) is 8.40. The molecule has 180 valence electrons. The molecule has 1 saturated heterocycles. The minimum absolute atomic E-state index is 0.123. The van der Waals surface area contributed by atoms with Crippen LogP contribution < -0.4 is 15.7 Å². The minimum Gasteiger partial charge on any atom is -0.369 e. The van der Waals surface area contributed by atoms with Gasteiger partial charge < -0.3 is 10.2 Å². The zero-order valence-electron chi connectivity index (χ0n) is 19.4. The molecular weight excluding hydrogens is 442 g/mol. The maximum atomic E-state index is 12.6. The van der Waals surface area contributed by atoms with E-state index >= 15 is 0 Å². The maximum absolute atomic E-state index is 12.6. The summed E-state index contributed by atoms with van der Waals surface area (Å²) in [6.45, 7) is 5.23. The van der Waals surface area contributed by atoms with Gasteiger partial charge in [-0.1, -0.05) is 24.3 Å². The molecule has 1 fully saturated rings. The Morgan fingerprint density at radius 1 is 0.886 bits per heavy atom. The van der Waals surface area contributed by atoms with Gasteiger partial charge in [-0.3, -0.25) is 24.7 Å². The average molecular weight is 472 g/mol. The van der Waals surface area contributed by atoms with Gasteiger partial charge in [0.15, 0.2) is 0 Å². The first-order valence-electron chi connectivity index (χ1n) is 11.6. The van der Waals surface area contributed by atoms with Gasteiger partial charge in [-0.15, -0.1) is 0 Å². The van der Waals surface area contributed by atoms with Crippen molar-refractivity contribution in [3.05, 3.63) is 101 Å². The largest absolute Gasteiger partial charge is 0.369 e. The van der Waals surface area contributed by atoms with Crippen LogP contribution >= 0.6 is 0 Å². The van der Waals surface area contributed by atoms with Crippen molar-refractivity contribution in [2.45, 2.75) is 13.1 Å². The van der Waals surface area contributed by atoms with Gasteiger partial charge in [-0.2, -0.15) is 0 Å². The van der Waals surface area contributed by atoms with Crippen LogP contribution in [0.25, 0.3) is 6.08 Å². The summed E-state index contributed by atoms with van der Waals surface area (Å²) in [5, 5.41) is 11.5. The maximum Gasteiger partial charge on any atom is 0.267 e. The average Bonchev–Trinajstić information content (AvgIpc) is 2.92. The van der Waals surface area contributed by atoms with E-state index in [9.17, 15) is 9.59 Å². The molecule has 1 aliphatic heterocycles. The number of benzene rings is 2. The third-order valence-electron chi connectivity index (χ3n) is 5.99. The fourth-order valence-electron chi connectivity index (χ4n) is 3.97. The molecule has 2 amide bonds. The lowest BCUT2D eigenvalue weighted by atomic mass is 10.1. The van der Waals surface area contributed by atoms with Crippen LogP contribution in [0.4, 0.5) is 5.69 Å². The van der Waals surface area contributed by atoms with Crippen LogP contribution in [0.15, 0.2) is 79.1 Å². The summed E-state index contributed by atoms with van der Waals surface area (Å²) in [4.78, 5) is 32.5. The van der Waals surface area contributed by atoms with Crippen molar-refractivity contribution in [2.75, 3.05) is 31.1 Å². The number of rotatable bonds is 8. The summed E-state index contributed by atoms with van der Waals surface area (Å²) in [6.07, 6.45) is 6.50. The SMILES string of the molecule is O=C(C=Cc1ccc(CNC(=O)c2ccc(N3CCN(Cc4ccncc4)CC3)cc2)cc1)NO. The van der Waals surface area contributed by atoms with E-state index in [1.54, 1.807) is 11.6 Å². The highest BCUT2D eigenvalue weighted by Crippen LogP contribution is 2.18. The van der Waals surface area contributed by atoms with Crippen LogP contribution in [0, 0.1) is 0 Å². The molecule has 2 heterocycles. The highest BCUT2D eigenvalue weighted by molar-refractivity contribution is 5.94. The Bertz CT molecular complexity index is 1140. The Hall–Kier alpha value is -4.01. The smallest absolute Gasteiger partial charge is 0.267 e. The monoisotopic (exact) mass is 471 g/mol. The summed E-state index contributed by atoms with van der Waals surface area (Å²) in [5.41, 5.74) is 6.35. The quantitative estimate of drug-likeness (QED) is 0.266. The molecule has 0 unspecified atom stereocenters. The number of hydroxylamine groups is 1. The lowest BCUT2D eigenvalue weighted by Gasteiger charge is -2.36. The van der Waals surface area contributed by atoms with Crippen molar-refractivity contribution in [1.29, 1.82) is 0 Å². The van der Waals surface area contributed by atoms with Gasteiger partial charge in [0, 0.05) is 69.0 Å². The lowest BCUT2D eigenvalue weighted by Crippen LogP contribution is -2.45.